The number of aryl methyl sites for hydroxylation is 2. The van der Waals surface area contributed by atoms with Gasteiger partial charge in [-0.15, -0.1) is 0 Å². The SMILES string of the molecule is Cc1ccc(-c2cc(C(=O)N(Cc3ccc(C(C)(C)C)cc3)C3CCS(=O)(=O)C3)no2)cc1C. The lowest BCUT2D eigenvalue weighted by molar-refractivity contribution is 0.0670. The predicted octanol–water partition coefficient (Wildman–Crippen LogP) is 5.09. The van der Waals surface area contributed by atoms with Crippen molar-refractivity contribution in [1.82, 2.24) is 10.1 Å². The van der Waals surface area contributed by atoms with Crippen LogP contribution in [0.25, 0.3) is 11.3 Å². The molecule has 2 aromatic carbocycles. The highest BCUT2D eigenvalue weighted by molar-refractivity contribution is 7.91. The van der Waals surface area contributed by atoms with Gasteiger partial charge in [-0.1, -0.05) is 62.3 Å². The fraction of sp³-hybridized carbons (Fsp3) is 0.407. The van der Waals surface area contributed by atoms with E-state index >= 15 is 0 Å². The van der Waals surface area contributed by atoms with E-state index in [1.165, 1.54) is 11.1 Å². The fourth-order valence-corrected chi connectivity index (χ4v) is 5.98. The minimum Gasteiger partial charge on any atom is -0.355 e. The Morgan fingerprint density at radius 1 is 1.06 bits per heavy atom. The zero-order valence-electron chi connectivity index (χ0n) is 20.5. The molecule has 0 spiro atoms. The highest BCUT2D eigenvalue weighted by atomic mass is 32.2. The Morgan fingerprint density at radius 2 is 1.76 bits per heavy atom. The van der Waals surface area contributed by atoms with Crippen molar-refractivity contribution in [3.05, 3.63) is 76.5 Å². The largest absolute Gasteiger partial charge is 0.355 e. The third-order valence-corrected chi connectivity index (χ3v) is 8.35. The molecule has 1 fully saturated rings. The van der Waals surface area contributed by atoms with Crippen LogP contribution in [-0.2, 0) is 21.8 Å². The molecule has 0 N–H and O–H groups in total. The molecule has 1 amide bonds. The monoisotopic (exact) mass is 480 g/mol. The van der Waals surface area contributed by atoms with Crippen LogP contribution in [0.3, 0.4) is 0 Å². The molecule has 0 aliphatic carbocycles. The molecule has 180 valence electrons. The molecule has 7 heteroatoms. The van der Waals surface area contributed by atoms with Crippen LogP contribution in [0.15, 0.2) is 53.1 Å². The average Bonchev–Trinajstić information content (AvgIpc) is 3.40. The molecular formula is C27H32N2O4S. The summed E-state index contributed by atoms with van der Waals surface area (Å²) in [5.74, 6) is 0.262. The Balaban J connectivity index is 1.62. The summed E-state index contributed by atoms with van der Waals surface area (Å²) in [5, 5.41) is 4.05. The van der Waals surface area contributed by atoms with Gasteiger partial charge in [0.25, 0.3) is 5.91 Å². The number of aromatic nitrogens is 1. The maximum atomic E-state index is 13.5. The summed E-state index contributed by atoms with van der Waals surface area (Å²) >= 11 is 0. The summed E-state index contributed by atoms with van der Waals surface area (Å²) in [6, 6.07) is 15.4. The van der Waals surface area contributed by atoms with Crippen LogP contribution in [0.5, 0.6) is 0 Å². The quantitative estimate of drug-likeness (QED) is 0.508. The average molecular weight is 481 g/mol. The Kier molecular flexibility index (Phi) is 6.42. The van der Waals surface area contributed by atoms with Gasteiger partial charge >= 0.3 is 0 Å². The molecule has 6 nitrogen and oxygen atoms in total. The van der Waals surface area contributed by atoms with Crippen molar-refractivity contribution in [2.75, 3.05) is 11.5 Å². The van der Waals surface area contributed by atoms with Crippen molar-refractivity contribution in [3.63, 3.8) is 0 Å². The van der Waals surface area contributed by atoms with Crippen molar-refractivity contribution >= 4 is 15.7 Å². The van der Waals surface area contributed by atoms with Gasteiger partial charge in [0.1, 0.15) is 0 Å². The van der Waals surface area contributed by atoms with Crippen LogP contribution in [0.2, 0.25) is 0 Å². The summed E-state index contributed by atoms with van der Waals surface area (Å²) < 4.78 is 29.9. The Bertz CT molecular complexity index is 1300. The van der Waals surface area contributed by atoms with Crippen LogP contribution in [-0.4, -0.2) is 41.9 Å². The minimum absolute atomic E-state index is 0.0268. The topological polar surface area (TPSA) is 80.5 Å². The third-order valence-electron chi connectivity index (χ3n) is 6.60. The first-order valence-electron chi connectivity index (χ1n) is 11.6. The summed E-state index contributed by atoms with van der Waals surface area (Å²) in [7, 11) is -3.16. The number of carbonyl (C=O) groups excluding carboxylic acids is 1. The molecule has 2 heterocycles. The molecule has 3 aromatic rings. The van der Waals surface area contributed by atoms with Gasteiger partial charge in [-0.05, 0) is 54.0 Å². The molecule has 1 aliphatic rings. The number of sulfone groups is 1. The Morgan fingerprint density at radius 3 is 2.35 bits per heavy atom. The van der Waals surface area contributed by atoms with Crippen LogP contribution >= 0.6 is 0 Å². The molecule has 34 heavy (non-hydrogen) atoms. The summed E-state index contributed by atoms with van der Waals surface area (Å²) in [5.41, 5.74) is 5.50. The second-order valence-corrected chi connectivity index (χ2v) is 12.5. The second-order valence-electron chi connectivity index (χ2n) is 10.3. The minimum atomic E-state index is -3.16. The zero-order chi connectivity index (χ0) is 24.7. The van der Waals surface area contributed by atoms with Gasteiger partial charge in [0.15, 0.2) is 21.3 Å². The third kappa shape index (κ3) is 5.25. The molecule has 1 saturated heterocycles. The summed E-state index contributed by atoms with van der Waals surface area (Å²) in [6.45, 7) is 10.8. The number of benzene rings is 2. The van der Waals surface area contributed by atoms with Crippen molar-refractivity contribution in [1.29, 1.82) is 0 Å². The van der Waals surface area contributed by atoms with Gasteiger partial charge in [0.2, 0.25) is 0 Å². The molecule has 1 unspecified atom stereocenters. The van der Waals surface area contributed by atoms with Crippen molar-refractivity contribution in [2.45, 2.75) is 59.0 Å². The van der Waals surface area contributed by atoms with E-state index < -0.39 is 9.84 Å². The lowest BCUT2D eigenvalue weighted by Crippen LogP contribution is -2.40. The molecule has 0 radical (unpaired) electrons. The van der Waals surface area contributed by atoms with Gasteiger partial charge in [-0.2, -0.15) is 0 Å². The highest BCUT2D eigenvalue weighted by Gasteiger charge is 2.36. The lowest BCUT2D eigenvalue weighted by Gasteiger charge is -2.28. The van der Waals surface area contributed by atoms with Gasteiger partial charge in [-0.25, -0.2) is 8.42 Å². The molecule has 0 saturated carbocycles. The number of amides is 1. The van der Waals surface area contributed by atoms with Crippen molar-refractivity contribution < 1.29 is 17.7 Å². The first-order valence-corrected chi connectivity index (χ1v) is 13.4. The maximum Gasteiger partial charge on any atom is 0.276 e. The highest BCUT2D eigenvalue weighted by Crippen LogP contribution is 2.27. The predicted molar refractivity (Wildman–Crippen MR) is 133 cm³/mol. The standard InChI is InChI=1S/C27H32N2O4S/c1-18-6-9-21(14-19(18)2)25-15-24(28-33-25)26(30)29(23-12-13-34(31,32)17-23)16-20-7-10-22(11-8-20)27(3,4)5/h6-11,14-15,23H,12-13,16-17H2,1-5H3. The number of hydrogen-bond donors (Lipinski definition) is 0. The van der Waals surface area contributed by atoms with E-state index in [1.807, 2.05) is 44.2 Å². The first-order chi connectivity index (χ1) is 15.9. The van der Waals surface area contributed by atoms with Crippen LogP contribution in [0, 0.1) is 13.8 Å². The van der Waals surface area contributed by atoms with Crippen LogP contribution in [0.4, 0.5) is 0 Å². The van der Waals surface area contributed by atoms with Crippen molar-refractivity contribution in [2.24, 2.45) is 0 Å². The molecule has 0 bridgehead atoms. The van der Waals surface area contributed by atoms with E-state index in [0.29, 0.717) is 18.7 Å². The molecular weight excluding hydrogens is 448 g/mol. The molecule has 1 aliphatic heterocycles. The molecule has 1 atom stereocenters. The lowest BCUT2D eigenvalue weighted by atomic mass is 9.86. The Labute approximate surface area is 201 Å². The summed E-state index contributed by atoms with van der Waals surface area (Å²) in [4.78, 5) is 15.2. The zero-order valence-corrected chi connectivity index (χ0v) is 21.3. The van der Waals surface area contributed by atoms with E-state index in [1.54, 1.807) is 11.0 Å². The number of nitrogens with zero attached hydrogens (tertiary/aromatic N) is 2. The number of carbonyl (C=O) groups is 1. The van der Waals surface area contributed by atoms with Gasteiger partial charge in [0, 0.05) is 24.2 Å². The van der Waals surface area contributed by atoms with E-state index in [-0.39, 0.29) is 34.6 Å². The normalized spacial score (nSPS) is 17.6. The second kappa shape index (κ2) is 9.02. The smallest absolute Gasteiger partial charge is 0.276 e. The summed E-state index contributed by atoms with van der Waals surface area (Å²) in [6.07, 6.45) is 0.427. The van der Waals surface area contributed by atoms with Crippen LogP contribution < -0.4 is 0 Å². The van der Waals surface area contributed by atoms with Gasteiger partial charge < -0.3 is 9.42 Å². The number of rotatable bonds is 5. The number of hydrogen-bond acceptors (Lipinski definition) is 5. The van der Waals surface area contributed by atoms with E-state index in [2.05, 4.69) is 38.1 Å². The maximum absolute atomic E-state index is 13.5. The fourth-order valence-electron chi connectivity index (χ4n) is 4.25. The Hall–Kier alpha value is -2.93. The van der Waals surface area contributed by atoms with E-state index in [4.69, 9.17) is 4.52 Å². The van der Waals surface area contributed by atoms with Gasteiger partial charge in [0.05, 0.1) is 11.5 Å². The molecule has 1 aromatic heterocycles. The van der Waals surface area contributed by atoms with Crippen molar-refractivity contribution in [3.8, 4) is 11.3 Å². The van der Waals surface area contributed by atoms with E-state index in [0.717, 1.165) is 16.7 Å². The first kappa shape index (κ1) is 24.2. The molecule has 4 rings (SSSR count). The van der Waals surface area contributed by atoms with Crippen LogP contribution in [0.1, 0.15) is 59.9 Å². The van der Waals surface area contributed by atoms with Gasteiger partial charge in [-0.3, -0.25) is 4.79 Å². The van der Waals surface area contributed by atoms with E-state index in [9.17, 15) is 13.2 Å².